The first-order valence-electron chi connectivity index (χ1n) is 15.5. The number of methoxy groups -OCH3 is 1. The van der Waals surface area contributed by atoms with Gasteiger partial charge in [-0.1, -0.05) is 116 Å². The van der Waals surface area contributed by atoms with Crippen LogP contribution >= 0.6 is 11.8 Å². The Morgan fingerprint density at radius 2 is 1.51 bits per heavy atom. The standard InChI is InChI=1S/C38H37N3O3S/c1-44-29-20-18-27(19-21-29)22-24-39-36(43)38(32-16-8-6-14-30(32)31-15-7-9-17-33(31)38)23-10-3-11-25-45-37-40-34(26-35(42)41-37)28-12-4-2-5-13-28/h2,4-9,12-21,26H,3,10-11,22-25H2,1H3,(H,39,43)(H,40,41,42). The molecule has 1 heterocycles. The number of benzene rings is 4. The molecule has 4 aromatic carbocycles. The quantitative estimate of drug-likeness (QED) is 0.0818. The van der Waals surface area contributed by atoms with E-state index in [1.165, 1.54) is 6.07 Å². The summed E-state index contributed by atoms with van der Waals surface area (Å²) < 4.78 is 5.28. The largest absolute Gasteiger partial charge is 0.497 e. The van der Waals surface area contributed by atoms with E-state index in [9.17, 15) is 9.59 Å². The molecule has 228 valence electrons. The molecule has 1 aliphatic carbocycles. The number of H-pyrrole nitrogens is 1. The SMILES string of the molecule is COc1ccc(CCNC(=O)C2(CCCCCSc3nc(-c4ccccc4)cc(=O)[nH]3)c3ccccc3-c3ccccc32)cc1. The van der Waals surface area contributed by atoms with E-state index < -0.39 is 5.41 Å². The highest BCUT2D eigenvalue weighted by atomic mass is 32.2. The molecule has 0 atom stereocenters. The number of hydrogen-bond donors (Lipinski definition) is 2. The number of unbranched alkanes of at least 4 members (excludes halogenated alkanes) is 2. The zero-order valence-electron chi connectivity index (χ0n) is 25.4. The van der Waals surface area contributed by atoms with Crippen LogP contribution < -0.4 is 15.6 Å². The molecule has 1 amide bonds. The third kappa shape index (κ3) is 6.59. The Morgan fingerprint density at radius 1 is 0.844 bits per heavy atom. The van der Waals surface area contributed by atoms with Crippen LogP contribution in [-0.2, 0) is 16.6 Å². The smallest absolute Gasteiger partial charge is 0.252 e. The molecule has 5 aromatic rings. The second-order valence-electron chi connectivity index (χ2n) is 11.3. The van der Waals surface area contributed by atoms with Crippen LogP contribution in [0, 0.1) is 0 Å². The molecule has 1 aliphatic rings. The van der Waals surface area contributed by atoms with E-state index in [0.717, 1.165) is 77.0 Å². The molecule has 2 N–H and O–H groups in total. The fourth-order valence-electron chi connectivity index (χ4n) is 6.31. The van der Waals surface area contributed by atoms with E-state index in [1.807, 2.05) is 66.7 Å². The molecule has 0 saturated carbocycles. The van der Waals surface area contributed by atoms with Gasteiger partial charge in [0.1, 0.15) is 11.2 Å². The maximum absolute atomic E-state index is 14.3. The first-order valence-corrected chi connectivity index (χ1v) is 16.5. The van der Waals surface area contributed by atoms with E-state index >= 15 is 0 Å². The third-order valence-electron chi connectivity index (χ3n) is 8.53. The average Bonchev–Trinajstić information content (AvgIpc) is 3.37. The molecule has 45 heavy (non-hydrogen) atoms. The van der Waals surface area contributed by atoms with Crippen molar-refractivity contribution in [3.63, 3.8) is 0 Å². The summed E-state index contributed by atoms with van der Waals surface area (Å²) in [4.78, 5) is 34.1. The van der Waals surface area contributed by atoms with Gasteiger partial charge in [0.25, 0.3) is 5.56 Å². The molecule has 7 heteroatoms. The summed E-state index contributed by atoms with van der Waals surface area (Å²) in [5.41, 5.74) is 6.32. The number of aromatic amines is 1. The summed E-state index contributed by atoms with van der Waals surface area (Å²) >= 11 is 1.57. The van der Waals surface area contributed by atoms with Gasteiger partial charge in [0, 0.05) is 23.9 Å². The van der Waals surface area contributed by atoms with Crippen molar-refractivity contribution in [2.24, 2.45) is 0 Å². The summed E-state index contributed by atoms with van der Waals surface area (Å²) in [6.45, 7) is 0.557. The number of carbonyl (C=O) groups excluding carboxylic acids is 1. The number of carbonyl (C=O) groups is 1. The van der Waals surface area contributed by atoms with Crippen molar-refractivity contribution in [1.29, 1.82) is 0 Å². The maximum Gasteiger partial charge on any atom is 0.252 e. The predicted molar refractivity (Wildman–Crippen MR) is 182 cm³/mol. The number of amides is 1. The summed E-state index contributed by atoms with van der Waals surface area (Å²) in [5.74, 6) is 1.71. The minimum absolute atomic E-state index is 0.0577. The number of fused-ring (bicyclic) bond motifs is 3. The normalized spacial score (nSPS) is 12.7. The maximum atomic E-state index is 14.3. The molecule has 0 radical (unpaired) electrons. The van der Waals surface area contributed by atoms with E-state index in [2.05, 4.69) is 51.7 Å². The van der Waals surface area contributed by atoms with Gasteiger partial charge < -0.3 is 15.0 Å². The van der Waals surface area contributed by atoms with E-state index in [0.29, 0.717) is 17.4 Å². The number of nitrogens with one attached hydrogen (secondary N) is 2. The predicted octanol–water partition coefficient (Wildman–Crippen LogP) is 7.42. The molecule has 6 rings (SSSR count). The molecule has 0 unspecified atom stereocenters. The molecule has 0 bridgehead atoms. The second-order valence-corrected chi connectivity index (χ2v) is 12.4. The van der Waals surface area contributed by atoms with Crippen LogP contribution in [-0.4, -0.2) is 35.3 Å². The fraction of sp³-hybridized carbons (Fsp3) is 0.237. The van der Waals surface area contributed by atoms with Crippen LogP contribution in [0.1, 0.15) is 42.4 Å². The highest BCUT2D eigenvalue weighted by molar-refractivity contribution is 7.99. The molecule has 0 fully saturated rings. The number of nitrogens with zero attached hydrogens (tertiary/aromatic N) is 1. The van der Waals surface area contributed by atoms with Crippen LogP contribution in [0.25, 0.3) is 22.4 Å². The molecule has 0 spiro atoms. The first-order chi connectivity index (χ1) is 22.1. The van der Waals surface area contributed by atoms with Gasteiger partial charge in [0.15, 0.2) is 5.16 Å². The third-order valence-corrected chi connectivity index (χ3v) is 9.49. The second kappa shape index (κ2) is 14.0. The fourth-order valence-corrected chi connectivity index (χ4v) is 7.19. The number of aromatic nitrogens is 2. The molecule has 1 aromatic heterocycles. The van der Waals surface area contributed by atoms with E-state index in [4.69, 9.17) is 4.74 Å². The monoisotopic (exact) mass is 615 g/mol. The Labute approximate surface area is 268 Å². The number of thioether (sulfide) groups is 1. The average molecular weight is 616 g/mol. The Balaban J connectivity index is 1.13. The lowest BCUT2D eigenvalue weighted by Crippen LogP contribution is -2.45. The first kappa shape index (κ1) is 30.4. The van der Waals surface area contributed by atoms with Crippen molar-refractivity contribution in [3.8, 4) is 28.1 Å². The lowest BCUT2D eigenvalue weighted by molar-refractivity contribution is -0.125. The lowest BCUT2D eigenvalue weighted by atomic mass is 9.73. The van der Waals surface area contributed by atoms with Crippen LogP contribution in [0.3, 0.4) is 0 Å². The Morgan fingerprint density at radius 3 is 2.20 bits per heavy atom. The topological polar surface area (TPSA) is 84.1 Å². The van der Waals surface area contributed by atoms with Gasteiger partial charge in [-0.15, -0.1) is 0 Å². The molecule has 6 nitrogen and oxygen atoms in total. The van der Waals surface area contributed by atoms with Crippen LogP contribution in [0.2, 0.25) is 0 Å². The van der Waals surface area contributed by atoms with Crippen molar-refractivity contribution in [2.75, 3.05) is 19.4 Å². The summed E-state index contributed by atoms with van der Waals surface area (Å²) in [5, 5.41) is 3.94. The van der Waals surface area contributed by atoms with Crippen molar-refractivity contribution >= 4 is 17.7 Å². The highest BCUT2D eigenvalue weighted by Crippen LogP contribution is 2.51. The van der Waals surface area contributed by atoms with Crippen LogP contribution in [0.15, 0.2) is 119 Å². The van der Waals surface area contributed by atoms with Gasteiger partial charge in [-0.2, -0.15) is 0 Å². The minimum atomic E-state index is -0.739. The zero-order chi connectivity index (χ0) is 31.1. The number of hydrogen-bond acceptors (Lipinski definition) is 5. The van der Waals surface area contributed by atoms with Gasteiger partial charge in [-0.25, -0.2) is 4.98 Å². The minimum Gasteiger partial charge on any atom is -0.497 e. The summed E-state index contributed by atoms with van der Waals surface area (Å²) in [7, 11) is 1.66. The van der Waals surface area contributed by atoms with Crippen LogP contribution in [0.4, 0.5) is 0 Å². The number of rotatable bonds is 13. The van der Waals surface area contributed by atoms with Crippen molar-refractivity contribution in [1.82, 2.24) is 15.3 Å². The van der Waals surface area contributed by atoms with Gasteiger partial charge in [-0.05, 0) is 59.2 Å². The van der Waals surface area contributed by atoms with Gasteiger partial charge in [0.05, 0.1) is 12.8 Å². The molecule has 0 saturated heterocycles. The van der Waals surface area contributed by atoms with Crippen molar-refractivity contribution in [2.45, 2.75) is 42.7 Å². The van der Waals surface area contributed by atoms with Gasteiger partial charge in [0.2, 0.25) is 5.91 Å². The van der Waals surface area contributed by atoms with Crippen molar-refractivity contribution < 1.29 is 9.53 Å². The lowest BCUT2D eigenvalue weighted by Gasteiger charge is -2.31. The summed E-state index contributed by atoms with van der Waals surface area (Å²) in [6, 6.07) is 36.0. The van der Waals surface area contributed by atoms with Gasteiger partial charge in [-0.3, -0.25) is 9.59 Å². The highest BCUT2D eigenvalue weighted by Gasteiger charge is 2.48. The van der Waals surface area contributed by atoms with Gasteiger partial charge >= 0.3 is 0 Å². The Hall–Kier alpha value is -4.62. The van der Waals surface area contributed by atoms with Crippen molar-refractivity contribution in [3.05, 3.63) is 136 Å². The Bertz CT molecular complexity index is 1770. The number of ether oxygens (including phenoxy) is 1. The van der Waals surface area contributed by atoms with Crippen LogP contribution in [0.5, 0.6) is 5.75 Å². The zero-order valence-corrected chi connectivity index (χ0v) is 26.2. The molecular weight excluding hydrogens is 579 g/mol. The summed E-state index contributed by atoms with van der Waals surface area (Å²) in [6.07, 6.45) is 4.26. The van der Waals surface area contributed by atoms with E-state index in [1.54, 1.807) is 18.9 Å². The Kier molecular flexibility index (Phi) is 9.46. The molecule has 0 aliphatic heterocycles. The molecular formula is C38H37N3O3S. The van der Waals surface area contributed by atoms with E-state index in [-0.39, 0.29) is 11.5 Å².